The number of esters is 1. The molecule has 1 amide bonds. The van der Waals surface area contributed by atoms with Gasteiger partial charge in [-0.25, -0.2) is 9.59 Å². The maximum Gasteiger partial charge on any atom is 0.407 e. The number of nitrogens with one attached hydrogen (secondary N) is 1. The summed E-state index contributed by atoms with van der Waals surface area (Å²) in [7, 11) is 0. The number of alkyl carbamates (subject to hydrolysis) is 1. The van der Waals surface area contributed by atoms with Crippen molar-refractivity contribution in [3.05, 3.63) is 70.8 Å². The van der Waals surface area contributed by atoms with Crippen molar-refractivity contribution < 1.29 is 29.3 Å². The average molecular weight is 357 g/mol. The third-order valence-electron chi connectivity index (χ3n) is 4.08. The van der Waals surface area contributed by atoms with Gasteiger partial charge in [0.25, 0.3) is 0 Å². The van der Waals surface area contributed by atoms with Crippen LogP contribution in [0.25, 0.3) is 0 Å². The zero-order valence-electron chi connectivity index (χ0n) is 13.9. The maximum absolute atomic E-state index is 11.7. The molecule has 7 heteroatoms. The highest BCUT2D eigenvalue weighted by molar-refractivity contribution is 5.93. The zero-order valence-corrected chi connectivity index (χ0v) is 13.9. The van der Waals surface area contributed by atoms with Gasteiger partial charge < -0.3 is 25.0 Å². The molecular weight excluding hydrogens is 338 g/mol. The predicted octanol–water partition coefficient (Wildman–Crippen LogP) is 1.68. The summed E-state index contributed by atoms with van der Waals surface area (Å²) >= 11 is 0. The molecule has 0 saturated carbocycles. The molecule has 0 fully saturated rings. The van der Waals surface area contributed by atoms with Crippen molar-refractivity contribution in [1.82, 2.24) is 5.32 Å². The Hall–Kier alpha value is -2.90. The second-order valence-corrected chi connectivity index (χ2v) is 5.95. The Balaban J connectivity index is 1.49. The fourth-order valence-electron chi connectivity index (χ4n) is 2.63. The molecule has 7 nitrogen and oxygen atoms in total. The van der Waals surface area contributed by atoms with Crippen LogP contribution in [0, 0.1) is 0 Å². The van der Waals surface area contributed by atoms with Gasteiger partial charge in [-0.15, -0.1) is 0 Å². The van der Waals surface area contributed by atoms with Crippen LogP contribution in [0.1, 0.15) is 33.2 Å². The number of carbonyl (C=O) groups is 2. The van der Waals surface area contributed by atoms with E-state index in [0.717, 1.165) is 5.56 Å². The number of ether oxygens (including phenoxy) is 2. The summed E-state index contributed by atoms with van der Waals surface area (Å²) in [6, 6.07) is 13.9. The smallest absolute Gasteiger partial charge is 0.407 e. The number of benzene rings is 2. The minimum Gasteiger partial charge on any atom is -0.457 e. The number of fused-ring (bicyclic) bond motifs is 1. The molecule has 0 aliphatic carbocycles. The molecule has 1 heterocycles. The Kier molecular flexibility index (Phi) is 5.50. The Morgan fingerprint density at radius 1 is 1.19 bits per heavy atom. The van der Waals surface area contributed by atoms with Crippen molar-refractivity contribution in [2.75, 3.05) is 6.54 Å². The van der Waals surface area contributed by atoms with Crippen molar-refractivity contribution in [1.29, 1.82) is 0 Å². The first kappa shape index (κ1) is 17.9. The van der Waals surface area contributed by atoms with Gasteiger partial charge in [-0.05, 0) is 23.3 Å². The number of aliphatic hydroxyl groups is 2. The Morgan fingerprint density at radius 3 is 2.73 bits per heavy atom. The second-order valence-electron chi connectivity index (χ2n) is 5.95. The van der Waals surface area contributed by atoms with Gasteiger partial charge in [-0.1, -0.05) is 36.4 Å². The van der Waals surface area contributed by atoms with E-state index >= 15 is 0 Å². The van der Waals surface area contributed by atoms with E-state index in [-0.39, 0.29) is 19.8 Å². The lowest BCUT2D eigenvalue weighted by atomic mass is 9.99. The first-order chi connectivity index (χ1) is 12.5. The zero-order chi connectivity index (χ0) is 18.5. The molecule has 3 rings (SSSR count). The van der Waals surface area contributed by atoms with Gasteiger partial charge >= 0.3 is 12.1 Å². The van der Waals surface area contributed by atoms with Crippen LogP contribution in [0.5, 0.6) is 0 Å². The van der Waals surface area contributed by atoms with E-state index in [0.29, 0.717) is 16.7 Å². The number of hydrogen-bond acceptors (Lipinski definition) is 6. The quantitative estimate of drug-likeness (QED) is 0.680. The molecule has 2 aromatic carbocycles. The van der Waals surface area contributed by atoms with Crippen LogP contribution < -0.4 is 5.32 Å². The summed E-state index contributed by atoms with van der Waals surface area (Å²) in [6.07, 6.45) is -3.13. The van der Waals surface area contributed by atoms with Gasteiger partial charge in [-0.2, -0.15) is 0 Å². The SMILES string of the molecule is O=C(NCC(O)C(O)c1ccc2c(c1)COC2=O)OCc1ccccc1. The normalized spacial score (nSPS) is 14.9. The summed E-state index contributed by atoms with van der Waals surface area (Å²) in [5, 5.41) is 22.7. The van der Waals surface area contributed by atoms with E-state index in [1.54, 1.807) is 18.2 Å². The third-order valence-corrected chi connectivity index (χ3v) is 4.08. The Bertz CT molecular complexity index is 792. The number of hydrogen-bond donors (Lipinski definition) is 3. The number of aliphatic hydroxyl groups excluding tert-OH is 2. The van der Waals surface area contributed by atoms with Crippen LogP contribution in [-0.2, 0) is 22.7 Å². The third kappa shape index (κ3) is 4.19. The van der Waals surface area contributed by atoms with E-state index in [2.05, 4.69) is 5.32 Å². The molecule has 0 saturated heterocycles. The molecule has 0 aromatic heterocycles. The second kappa shape index (κ2) is 7.99. The van der Waals surface area contributed by atoms with E-state index < -0.39 is 24.3 Å². The van der Waals surface area contributed by atoms with Gasteiger partial charge in [0.15, 0.2) is 0 Å². The number of rotatable bonds is 6. The molecule has 1 aliphatic rings. The summed E-state index contributed by atoms with van der Waals surface area (Å²) in [5.74, 6) is -0.399. The molecular formula is C19H19NO6. The largest absolute Gasteiger partial charge is 0.457 e. The molecule has 2 atom stereocenters. The van der Waals surface area contributed by atoms with Crippen LogP contribution in [0.2, 0.25) is 0 Å². The highest BCUT2D eigenvalue weighted by Crippen LogP contribution is 2.25. The first-order valence-corrected chi connectivity index (χ1v) is 8.15. The summed E-state index contributed by atoms with van der Waals surface area (Å²) in [6.45, 7) is 0.0837. The van der Waals surface area contributed by atoms with E-state index in [1.807, 2.05) is 30.3 Å². The number of cyclic esters (lactones) is 1. The van der Waals surface area contributed by atoms with Gasteiger partial charge in [0.2, 0.25) is 0 Å². The maximum atomic E-state index is 11.7. The minimum atomic E-state index is -1.23. The van der Waals surface area contributed by atoms with Crippen molar-refractivity contribution >= 4 is 12.1 Å². The molecule has 2 unspecified atom stereocenters. The summed E-state index contributed by atoms with van der Waals surface area (Å²) in [4.78, 5) is 23.1. The Morgan fingerprint density at radius 2 is 1.96 bits per heavy atom. The van der Waals surface area contributed by atoms with Crippen LogP contribution in [0.3, 0.4) is 0 Å². The molecule has 3 N–H and O–H groups in total. The monoisotopic (exact) mass is 357 g/mol. The Labute approximate surface area is 150 Å². The number of carbonyl (C=O) groups excluding carboxylic acids is 2. The minimum absolute atomic E-state index is 0.115. The fourth-order valence-corrected chi connectivity index (χ4v) is 2.63. The number of amides is 1. The van der Waals surface area contributed by atoms with E-state index in [9.17, 15) is 19.8 Å². The lowest BCUT2D eigenvalue weighted by molar-refractivity contribution is 0.0183. The molecule has 26 heavy (non-hydrogen) atoms. The fraction of sp³-hybridized carbons (Fsp3) is 0.263. The molecule has 0 radical (unpaired) electrons. The van der Waals surface area contributed by atoms with Crippen LogP contribution >= 0.6 is 0 Å². The summed E-state index contributed by atoms with van der Waals surface area (Å²) in [5.41, 5.74) is 2.40. The lowest BCUT2D eigenvalue weighted by Gasteiger charge is -2.19. The molecule has 2 aromatic rings. The summed E-state index contributed by atoms with van der Waals surface area (Å²) < 4.78 is 9.94. The predicted molar refractivity (Wildman–Crippen MR) is 91.2 cm³/mol. The lowest BCUT2D eigenvalue weighted by Crippen LogP contribution is -2.35. The molecule has 1 aliphatic heterocycles. The van der Waals surface area contributed by atoms with Crippen LogP contribution in [0.4, 0.5) is 4.79 Å². The van der Waals surface area contributed by atoms with Gasteiger partial charge in [-0.3, -0.25) is 0 Å². The highest BCUT2D eigenvalue weighted by Gasteiger charge is 2.25. The van der Waals surface area contributed by atoms with Crippen LogP contribution in [-0.4, -0.2) is 34.9 Å². The van der Waals surface area contributed by atoms with Gasteiger partial charge in [0.05, 0.1) is 5.56 Å². The van der Waals surface area contributed by atoms with Crippen molar-refractivity contribution in [2.24, 2.45) is 0 Å². The van der Waals surface area contributed by atoms with E-state index in [4.69, 9.17) is 9.47 Å². The van der Waals surface area contributed by atoms with Crippen molar-refractivity contribution in [3.63, 3.8) is 0 Å². The topological polar surface area (TPSA) is 105 Å². The highest BCUT2D eigenvalue weighted by atomic mass is 16.5. The van der Waals surface area contributed by atoms with Gasteiger partial charge in [0.1, 0.15) is 25.4 Å². The standard InChI is InChI=1S/C19H19NO6/c21-16(9-20-19(24)26-10-12-4-2-1-3-5-12)17(22)13-6-7-15-14(8-13)11-25-18(15)23/h1-8,16-17,21-22H,9-11H2,(H,20,24). The first-order valence-electron chi connectivity index (χ1n) is 8.15. The van der Waals surface area contributed by atoms with Gasteiger partial charge in [0, 0.05) is 12.1 Å². The molecule has 0 bridgehead atoms. The van der Waals surface area contributed by atoms with Crippen LogP contribution in [0.15, 0.2) is 48.5 Å². The van der Waals surface area contributed by atoms with Crippen molar-refractivity contribution in [2.45, 2.75) is 25.4 Å². The van der Waals surface area contributed by atoms with Crippen molar-refractivity contribution in [3.8, 4) is 0 Å². The molecule has 0 spiro atoms. The molecule has 136 valence electrons. The van der Waals surface area contributed by atoms with E-state index in [1.165, 1.54) is 0 Å². The average Bonchev–Trinajstić information content (AvgIpc) is 3.05.